The molecule has 0 saturated carbocycles. The first-order chi connectivity index (χ1) is 11.1. The molecule has 1 aromatic heterocycles. The zero-order valence-corrected chi connectivity index (χ0v) is 13.0. The van der Waals surface area contributed by atoms with Gasteiger partial charge in [-0.15, -0.1) is 0 Å². The van der Waals surface area contributed by atoms with E-state index in [2.05, 4.69) is 4.98 Å². The van der Waals surface area contributed by atoms with Crippen molar-refractivity contribution in [3.63, 3.8) is 0 Å². The van der Waals surface area contributed by atoms with Gasteiger partial charge in [-0.25, -0.2) is 4.98 Å². The average Bonchev–Trinajstić information content (AvgIpc) is 2.98. The van der Waals surface area contributed by atoms with Crippen molar-refractivity contribution >= 4 is 16.9 Å². The van der Waals surface area contributed by atoms with Crippen molar-refractivity contribution in [2.75, 3.05) is 20.3 Å². The molecule has 2 heterocycles. The number of aromatic nitrogens is 2. The number of carbonyl (C=O) groups is 1. The topological polar surface area (TPSA) is 87.8 Å². The molecule has 2 aromatic rings. The fourth-order valence-corrected chi connectivity index (χ4v) is 2.87. The fraction of sp³-hybridized carbons (Fsp3) is 0.500. The normalized spacial score (nSPS) is 24.7. The minimum atomic E-state index is -0.980. The second-order valence-corrected chi connectivity index (χ2v) is 5.84. The summed E-state index contributed by atoms with van der Waals surface area (Å²) in [6, 6.07) is 7.23. The number of imidazole rings is 1. The molecule has 1 aliphatic rings. The zero-order chi connectivity index (χ0) is 16.4. The summed E-state index contributed by atoms with van der Waals surface area (Å²) in [7, 11) is 1.63. The molecule has 0 unspecified atom stereocenters. The predicted octanol–water partition coefficient (Wildman–Crippen LogP) is 0.00540. The number of likely N-dealkylation sites (N-methyl/N-ethyl adjacent to an activating group) is 1. The first-order valence-electron chi connectivity index (χ1n) is 7.67. The maximum Gasteiger partial charge on any atom is 0.224 e. The number of rotatable bonds is 4. The van der Waals surface area contributed by atoms with Crippen LogP contribution in [0.15, 0.2) is 30.6 Å². The Bertz CT molecular complexity index is 687. The third-order valence-corrected chi connectivity index (χ3v) is 4.35. The van der Waals surface area contributed by atoms with E-state index in [1.54, 1.807) is 13.4 Å². The van der Waals surface area contributed by atoms with E-state index in [-0.39, 0.29) is 25.5 Å². The van der Waals surface area contributed by atoms with Gasteiger partial charge in [0, 0.05) is 20.0 Å². The van der Waals surface area contributed by atoms with Crippen molar-refractivity contribution in [1.82, 2.24) is 14.5 Å². The molecule has 124 valence electrons. The van der Waals surface area contributed by atoms with Crippen LogP contribution in [0.2, 0.25) is 0 Å². The number of benzene rings is 1. The van der Waals surface area contributed by atoms with Crippen LogP contribution < -0.4 is 0 Å². The van der Waals surface area contributed by atoms with Crippen LogP contribution in [0.1, 0.15) is 6.42 Å². The lowest BCUT2D eigenvalue weighted by atomic mass is 10.0. The molecule has 3 atom stereocenters. The average molecular weight is 319 g/mol. The molecule has 0 aliphatic carbocycles. The monoisotopic (exact) mass is 319 g/mol. The van der Waals surface area contributed by atoms with Gasteiger partial charge in [-0.1, -0.05) is 12.1 Å². The molecule has 0 radical (unpaired) electrons. The Labute approximate surface area is 134 Å². The molecule has 7 heteroatoms. The van der Waals surface area contributed by atoms with Crippen LogP contribution in [-0.2, 0) is 16.1 Å². The van der Waals surface area contributed by atoms with E-state index in [0.717, 1.165) is 11.0 Å². The zero-order valence-electron chi connectivity index (χ0n) is 13.0. The van der Waals surface area contributed by atoms with Crippen LogP contribution in [0, 0.1) is 0 Å². The molecular formula is C16H21N3O4. The number of hydrogen-bond donors (Lipinski definition) is 2. The summed E-state index contributed by atoms with van der Waals surface area (Å²) < 4.78 is 7.16. The van der Waals surface area contributed by atoms with Crippen molar-refractivity contribution in [2.45, 2.75) is 31.2 Å². The van der Waals surface area contributed by atoms with Crippen LogP contribution >= 0.6 is 0 Å². The third-order valence-electron chi connectivity index (χ3n) is 4.35. The van der Waals surface area contributed by atoms with Gasteiger partial charge in [-0.2, -0.15) is 0 Å². The number of fused-ring (bicyclic) bond motifs is 1. The first kappa shape index (κ1) is 15.9. The summed E-state index contributed by atoms with van der Waals surface area (Å²) in [5.41, 5.74) is 1.88. The quantitative estimate of drug-likeness (QED) is 0.828. The number of ether oxygens (including phenoxy) is 1. The molecule has 1 saturated heterocycles. The van der Waals surface area contributed by atoms with Gasteiger partial charge in [0.2, 0.25) is 5.91 Å². The van der Waals surface area contributed by atoms with Gasteiger partial charge in [0.05, 0.1) is 36.6 Å². The highest BCUT2D eigenvalue weighted by Gasteiger charge is 2.35. The van der Waals surface area contributed by atoms with E-state index < -0.39 is 18.2 Å². The summed E-state index contributed by atoms with van der Waals surface area (Å²) in [5, 5.41) is 19.7. The molecule has 1 aromatic carbocycles. The van der Waals surface area contributed by atoms with Gasteiger partial charge in [0.15, 0.2) is 0 Å². The number of aryl methyl sites for hydroxylation is 1. The van der Waals surface area contributed by atoms with Gasteiger partial charge in [0.25, 0.3) is 0 Å². The molecule has 3 rings (SSSR count). The summed E-state index contributed by atoms with van der Waals surface area (Å²) >= 11 is 0. The number of para-hydroxylation sites is 2. The Kier molecular flexibility index (Phi) is 4.61. The van der Waals surface area contributed by atoms with E-state index >= 15 is 0 Å². The SMILES string of the molecule is CN(C(=O)CCn1cnc2ccccc21)[C@@H]1COC[C@@H](O)[C@H]1O. The van der Waals surface area contributed by atoms with Crippen LogP contribution in [0.5, 0.6) is 0 Å². The molecule has 1 amide bonds. The van der Waals surface area contributed by atoms with E-state index in [9.17, 15) is 15.0 Å². The minimum absolute atomic E-state index is 0.0979. The molecule has 0 bridgehead atoms. The lowest BCUT2D eigenvalue weighted by Gasteiger charge is -2.37. The minimum Gasteiger partial charge on any atom is -0.388 e. The highest BCUT2D eigenvalue weighted by Crippen LogP contribution is 2.16. The van der Waals surface area contributed by atoms with Crippen molar-refractivity contribution in [2.24, 2.45) is 0 Å². The molecule has 1 fully saturated rings. The van der Waals surface area contributed by atoms with Gasteiger partial charge in [0.1, 0.15) is 12.2 Å². The van der Waals surface area contributed by atoms with Gasteiger partial charge in [-0.3, -0.25) is 4.79 Å². The Balaban J connectivity index is 1.62. The Morgan fingerprint density at radius 1 is 1.39 bits per heavy atom. The van der Waals surface area contributed by atoms with Crippen molar-refractivity contribution in [3.05, 3.63) is 30.6 Å². The summed E-state index contributed by atoms with van der Waals surface area (Å²) in [6.45, 7) is 0.838. The number of aliphatic hydroxyl groups excluding tert-OH is 2. The number of amides is 1. The molecular weight excluding hydrogens is 298 g/mol. The smallest absolute Gasteiger partial charge is 0.224 e. The lowest BCUT2D eigenvalue weighted by molar-refractivity contribution is -0.153. The van der Waals surface area contributed by atoms with Gasteiger partial charge >= 0.3 is 0 Å². The summed E-state index contributed by atoms with van der Waals surface area (Å²) in [5.74, 6) is -0.107. The third kappa shape index (κ3) is 3.21. The predicted molar refractivity (Wildman–Crippen MR) is 83.7 cm³/mol. The van der Waals surface area contributed by atoms with E-state index in [1.165, 1.54) is 4.90 Å². The number of aliphatic hydroxyl groups is 2. The van der Waals surface area contributed by atoms with Crippen LogP contribution in [0.25, 0.3) is 11.0 Å². The largest absolute Gasteiger partial charge is 0.388 e. The Morgan fingerprint density at radius 2 is 2.17 bits per heavy atom. The van der Waals surface area contributed by atoms with Crippen molar-refractivity contribution in [1.29, 1.82) is 0 Å². The molecule has 2 N–H and O–H groups in total. The van der Waals surface area contributed by atoms with E-state index in [0.29, 0.717) is 6.54 Å². The summed E-state index contributed by atoms with van der Waals surface area (Å²) in [4.78, 5) is 18.1. The number of hydrogen-bond acceptors (Lipinski definition) is 5. The van der Waals surface area contributed by atoms with E-state index in [1.807, 2.05) is 28.8 Å². The van der Waals surface area contributed by atoms with E-state index in [4.69, 9.17) is 4.74 Å². The van der Waals surface area contributed by atoms with Crippen LogP contribution in [0.3, 0.4) is 0 Å². The Morgan fingerprint density at radius 3 is 3.00 bits per heavy atom. The van der Waals surface area contributed by atoms with Crippen LogP contribution in [-0.4, -0.2) is 69.1 Å². The fourth-order valence-electron chi connectivity index (χ4n) is 2.87. The van der Waals surface area contributed by atoms with Gasteiger partial charge in [-0.05, 0) is 12.1 Å². The first-order valence-corrected chi connectivity index (χ1v) is 7.67. The molecule has 23 heavy (non-hydrogen) atoms. The maximum atomic E-state index is 12.4. The van der Waals surface area contributed by atoms with Crippen molar-refractivity contribution < 1.29 is 19.7 Å². The molecule has 0 spiro atoms. The standard InChI is InChI=1S/C16H21N3O4/c1-18(13-8-23-9-14(20)16(13)22)15(21)6-7-19-10-17-11-4-2-3-5-12(11)19/h2-5,10,13-14,16,20,22H,6-9H2,1H3/t13-,14-,16+/m1/s1. The highest BCUT2D eigenvalue weighted by molar-refractivity contribution is 5.77. The highest BCUT2D eigenvalue weighted by atomic mass is 16.5. The summed E-state index contributed by atoms with van der Waals surface area (Å²) in [6.07, 6.45) is 0.0737. The van der Waals surface area contributed by atoms with Crippen LogP contribution in [0.4, 0.5) is 0 Å². The maximum absolute atomic E-state index is 12.4. The number of nitrogens with zero attached hydrogens (tertiary/aromatic N) is 3. The molecule has 7 nitrogen and oxygen atoms in total. The lowest BCUT2D eigenvalue weighted by Crippen LogP contribution is -2.56. The second-order valence-electron chi connectivity index (χ2n) is 5.84. The number of carbonyl (C=O) groups excluding carboxylic acids is 1. The molecule has 1 aliphatic heterocycles. The van der Waals surface area contributed by atoms with Crippen molar-refractivity contribution in [3.8, 4) is 0 Å². The Hall–Kier alpha value is -1.96. The van der Waals surface area contributed by atoms with Gasteiger partial charge < -0.3 is 24.4 Å². The second kappa shape index (κ2) is 6.66.